The lowest BCUT2D eigenvalue weighted by atomic mass is 10.1. The number of ether oxygens (including phenoxy) is 1. The number of fused-ring (bicyclic) bond motifs is 2. The van der Waals surface area contributed by atoms with Crippen LogP contribution in [0, 0.1) is 22.7 Å². The first-order valence-corrected chi connectivity index (χ1v) is 11.2. The lowest BCUT2D eigenvalue weighted by molar-refractivity contribution is 0.398. The van der Waals surface area contributed by atoms with E-state index in [1.165, 1.54) is 24.1 Å². The molecule has 5 aromatic rings. The molecule has 0 saturated heterocycles. The molecule has 0 aromatic carbocycles. The average Bonchev–Trinajstić information content (AvgIpc) is 3.48. The molecule has 0 radical (unpaired) electrons. The molecule has 0 unspecified atom stereocenters. The highest BCUT2D eigenvalue weighted by molar-refractivity contribution is 7.22. The first-order chi connectivity index (χ1) is 17.0. The fourth-order valence-corrected chi connectivity index (χ4v) is 5.11. The van der Waals surface area contributed by atoms with Crippen LogP contribution in [0.15, 0.2) is 46.5 Å². The third-order valence-corrected chi connectivity index (χ3v) is 6.75. The lowest BCUT2D eigenvalue weighted by Crippen LogP contribution is -2.38. The van der Waals surface area contributed by atoms with E-state index in [4.69, 9.17) is 4.74 Å². The Morgan fingerprint density at radius 2 is 1.97 bits per heavy atom. The number of aromatic nitrogens is 6. The summed E-state index contributed by atoms with van der Waals surface area (Å²) in [5.41, 5.74) is 0.969. The van der Waals surface area contributed by atoms with Gasteiger partial charge in [0.1, 0.15) is 10.8 Å². The quantitative estimate of drug-likeness (QED) is 0.370. The maximum atomic E-state index is 13.7. The van der Waals surface area contributed by atoms with Crippen LogP contribution in [0.3, 0.4) is 0 Å². The molecule has 11 nitrogen and oxygen atoms in total. The summed E-state index contributed by atoms with van der Waals surface area (Å²) in [5.74, 6) is 0.310. The zero-order chi connectivity index (χ0) is 24.7. The summed E-state index contributed by atoms with van der Waals surface area (Å²) in [4.78, 5) is 36.2. The van der Waals surface area contributed by atoms with E-state index in [0.29, 0.717) is 48.7 Å². The van der Waals surface area contributed by atoms with Crippen molar-refractivity contribution >= 4 is 32.5 Å². The van der Waals surface area contributed by atoms with Crippen LogP contribution in [-0.2, 0) is 13.6 Å². The molecular formula is C23H16N8O3S. The fourth-order valence-electron chi connectivity index (χ4n) is 3.99. The number of nitriles is 2. The lowest BCUT2D eigenvalue weighted by Gasteiger charge is -2.12. The van der Waals surface area contributed by atoms with Crippen molar-refractivity contribution in [3.8, 4) is 34.1 Å². The number of thiophene rings is 1. The number of pyridine rings is 2. The van der Waals surface area contributed by atoms with E-state index < -0.39 is 11.2 Å². The van der Waals surface area contributed by atoms with Crippen LogP contribution in [0.4, 0.5) is 0 Å². The molecule has 5 rings (SSSR count). The Labute approximate surface area is 201 Å². The van der Waals surface area contributed by atoms with Crippen LogP contribution in [0.25, 0.3) is 37.2 Å². The van der Waals surface area contributed by atoms with Crippen molar-refractivity contribution in [3.05, 3.63) is 63.3 Å². The molecule has 0 atom stereocenters. The van der Waals surface area contributed by atoms with E-state index in [2.05, 4.69) is 27.2 Å². The molecule has 0 aliphatic carbocycles. The van der Waals surface area contributed by atoms with E-state index in [1.807, 2.05) is 0 Å². The van der Waals surface area contributed by atoms with Gasteiger partial charge in [0, 0.05) is 47.9 Å². The van der Waals surface area contributed by atoms with Gasteiger partial charge in [-0.15, -0.1) is 11.3 Å². The van der Waals surface area contributed by atoms with E-state index in [-0.39, 0.29) is 13.0 Å². The van der Waals surface area contributed by atoms with Crippen molar-refractivity contribution in [1.29, 1.82) is 10.5 Å². The smallest absolute Gasteiger partial charge is 0.336 e. The molecule has 0 aliphatic rings. The Hall–Kier alpha value is -4.81. The molecular weight excluding hydrogens is 468 g/mol. The molecule has 0 spiro atoms. The highest BCUT2D eigenvalue weighted by Crippen LogP contribution is 2.35. The van der Waals surface area contributed by atoms with Gasteiger partial charge in [-0.25, -0.2) is 14.3 Å². The summed E-state index contributed by atoms with van der Waals surface area (Å²) in [6.45, 7) is 0.0852. The Balaban J connectivity index is 1.87. The van der Waals surface area contributed by atoms with Crippen molar-refractivity contribution in [2.24, 2.45) is 7.05 Å². The zero-order valence-corrected chi connectivity index (χ0v) is 19.4. The second-order valence-electron chi connectivity index (χ2n) is 7.56. The van der Waals surface area contributed by atoms with E-state index in [1.54, 1.807) is 36.3 Å². The highest BCUT2D eigenvalue weighted by Gasteiger charge is 2.21. The predicted molar refractivity (Wildman–Crippen MR) is 128 cm³/mol. The standard InChI is InChI=1S/C23H16N8O3S/c1-29-20-14(11-28-29)9-26-12-17(20)31-22(32)21-16(30(23(31)33)5-3-4-24)7-18(35-21)15-6-19(34-2)27-10-13(15)8-25/h6-7,9-12H,3,5H2,1-2H3. The van der Waals surface area contributed by atoms with Gasteiger partial charge in [0.25, 0.3) is 5.56 Å². The largest absolute Gasteiger partial charge is 0.481 e. The summed E-state index contributed by atoms with van der Waals surface area (Å²) in [7, 11) is 3.18. The predicted octanol–water partition coefficient (Wildman–Crippen LogP) is 2.35. The molecule has 0 bridgehead atoms. The van der Waals surface area contributed by atoms with Crippen LogP contribution in [0.2, 0.25) is 0 Å². The summed E-state index contributed by atoms with van der Waals surface area (Å²) in [5, 5.41) is 23.7. The van der Waals surface area contributed by atoms with Gasteiger partial charge in [0.05, 0.1) is 54.3 Å². The Morgan fingerprint density at radius 3 is 2.71 bits per heavy atom. The van der Waals surface area contributed by atoms with Crippen LogP contribution >= 0.6 is 11.3 Å². The van der Waals surface area contributed by atoms with Crippen molar-refractivity contribution in [2.75, 3.05) is 7.11 Å². The van der Waals surface area contributed by atoms with E-state index >= 15 is 0 Å². The molecule has 172 valence electrons. The fraction of sp³-hybridized carbons (Fsp3) is 0.174. The van der Waals surface area contributed by atoms with Gasteiger partial charge in [-0.05, 0) is 6.07 Å². The van der Waals surface area contributed by atoms with Crippen molar-refractivity contribution < 1.29 is 4.74 Å². The van der Waals surface area contributed by atoms with Gasteiger partial charge in [-0.1, -0.05) is 0 Å². The third-order valence-electron chi connectivity index (χ3n) is 5.60. The number of rotatable bonds is 5. The topological polar surface area (TPSA) is 144 Å². The van der Waals surface area contributed by atoms with Crippen molar-refractivity contribution in [3.63, 3.8) is 0 Å². The summed E-state index contributed by atoms with van der Waals surface area (Å²) >= 11 is 1.15. The third kappa shape index (κ3) is 3.44. The van der Waals surface area contributed by atoms with Crippen molar-refractivity contribution in [2.45, 2.75) is 13.0 Å². The minimum absolute atomic E-state index is 0.0685. The van der Waals surface area contributed by atoms with Crippen LogP contribution in [-0.4, -0.2) is 36.0 Å². The van der Waals surface area contributed by atoms with Crippen LogP contribution in [0.1, 0.15) is 12.0 Å². The number of methoxy groups -OCH3 is 1. The molecule has 0 fully saturated rings. The maximum absolute atomic E-state index is 13.7. The normalized spacial score (nSPS) is 11.0. The molecule has 5 aromatic heterocycles. The van der Waals surface area contributed by atoms with Crippen LogP contribution in [0.5, 0.6) is 5.88 Å². The molecule has 35 heavy (non-hydrogen) atoms. The monoisotopic (exact) mass is 484 g/mol. The zero-order valence-electron chi connectivity index (χ0n) is 18.6. The second kappa shape index (κ2) is 8.52. The average molecular weight is 485 g/mol. The second-order valence-corrected chi connectivity index (χ2v) is 8.61. The molecule has 5 heterocycles. The Kier molecular flexibility index (Phi) is 5.35. The number of nitrogens with zero attached hydrogens (tertiary/aromatic N) is 8. The van der Waals surface area contributed by atoms with Crippen molar-refractivity contribution in [1.82, 2.24) is 28.9 Å². The maximum Gasteiger partial charge on any atom is 0.336 e. The number of aryl methyl sites for hydroxylation is 2. The highest BCUT2D eigenvalue weighted by atomic mass is 32.1. The summed E-state index contributed by atoms with van der Waals surface area (Å²) < 4.78 is 9.55. The molecule has 0 saturated carbocycles. The van der Waals surface area contributed by atoms with Gasteiger partial charge in [-0.2, -0.15) is 15.6 Å². The first kappa shape index (κ1) is 22.0. The molecule has 12 heteroatoms. The first-order valence-electron chi connectivity index (χ1n) is 10.4. The van der Waals surface area contributed by atoms with Gasteiger partial charge in [0.2, 0.25) is 5.88 Å². The number of hydrogen-bond acceptors (Lipinski definition) is 9. The van der Waals surface area contributed by atoms with Gasteiger partial charge >= 0.3 is 5.69 Å². The minimum Gasteiger partial charge on any atom is -0.481 e. The summed E-state index contributed by atoms with van der Waals surface area (Å²) in [6, 6.07) is 7.45. The molecule has 0 amide bonds. The Bertz CT molecular complexity index is 1830. The van der Waals surface area contributed by atoms with Crippen LogP contribution < -0.4 is 16.0 Å². The van der Waals surface area contributed by atoms with E-state index in [9.17, 15) is 20.1 Å². The van der Waals surface area contributed by atoms with Gasteiger partial charge in [0.15, 0.2) is 0 Å². The minimum atomic E-state index is -0.592. The SMILES string of the molecule is COc1cc(-c2cc3c(s2)c(=O)n(-c2cncc4cnn(C)c24)c(=O)n3CCC#N)c(C#N)cn1. The van der Waals surface area contributed by atoms with Gasteiger partial charge < -0.3 is 4.74 Å². The molecule has 0 aliphatic heterocycles. The number of hydrogen-bond donors (Lipinski definition) is 0. The van der Waals surface area contributed by atoms with E-state index in [0.717, 1.165) is 15.9 Å². The summed E-state index contributed by atoms with van der Waals surface area (Å²) in [6.07, 6.45) is 6.12. The molecule has 0 N–H and O–H groups in total. The Morgan fingerprint density at radius 1 is 1.14 bits per heavy atom. The van der Waals surface area contributed by atoms with Gasteiger partial charge in [-0.3, -0.25) is 19.0 Å².